The molecule has 0 radical (unpaired) electrons. The van der Waals surface area contributed by atoms with E-state index in [9.17, 15) is 4.79 Å². The summed E-state index contributed by atoms with van der Waals surface area (Å²) < 4.78 is 0. The van der Waals surface area contributed by atoms with Gasteiger partial charge in [0.05, 0.1) is 12.2 Å². The Hall–Kier alpha value is -2.20. The van der Waals surface area contributed by atoms with E-state index in [-0.39, 0.29) is 5.91 Å². The molecule has 0 fully saturated rings. The average Bonchev–Trinajstić information content (AvgIpc) is 2.48. The lowest BCUT2D eigenvalue weighted by molar-refractivity contribution is 0.0783. The van der Waals surface area contributed by atoms with Crippen LogP contribution in [0.15, 0.2) is 48.7 Å². The number of hydrogen-bond donors (Lipinski definition) is 1. The SMILES string of the molecule is CN(Cc1ccccn1)C(=O)c1cccc(CCN)c1. The van der Waals surface area contributed by atoms with Crippen molar-refractivity contribution in [3.05, 3.63) is 65.5 Å². The van der Waals surface area contributed by atoms with Gasteiger partial charge < -0.3 is 10.6 Å². The van der Waals surface area contributed by atoms with Gasteiger partial charge in [0.25, 0.3) is 5.91 Å². The lowest BCUT2D eigenvalue weighted by Gasteiger charge is -2.17. The molecule has 0 aliphatic heterocycles. The molecule has 0 aliphatic carbocycles. The Morgan fingerprint density at radius 1 is 1.25 bits per heavy atom. The Morgan fingerprint density at radius 3 is 2.80 bits per heavy atom. The van der Waals surface area contributed by atoms with Crippen molar-refractivity contribution in [2.45, 2.75) is 13.0 Å². The van der Waals surface area contributed by atoms with Crippen molar-refractivity contribution >= 4 is 5.91 Å². The molecular formula is C16H19N3O. The lowest BCUT2D eigenvalue weighted by atomic mass is 10.1. The van der Waals surface area contributed by atoms with E-state index in [0.29, 0.717) is 18.7 Å². The minimum Gasteiger partial charge on any atom is -0.336 e. The number of carbonyl (C=O) groups excluding carboxylic acids is 1. The van der Waals surface area contributed by atoms with E-state index in [2.05, 4.69) is 4.98 Å². The molecule has 1 aromatic carbocycles. The summed E-state index contributed by atoms with van der Waals surface area (Å²) in [5, 5.41) is 0. The van der Waals surface area contributed by atoms with Crippen LogP contribution in [0.3, 0.4) is 0 Å². The van der Waals surface area contributed by atoms with Gasteiger partial charge in [0.15, 0.2) is 0 Å². The fourth-order valence-electron chi connectivity index (χ4n) is 2.05. The largest absolute Gasteiger partial charge is 0.336 e. The van der Waals surface area contributed by atoms with Crippen molar-refractivity contribution in [1.82, 2.24) is 9.88 Å². The van der Waals surface area contributed by atoms with Gasteiger partial charge in [0.1, 0.15) is 0 Å². The normalized spacial score (nSPS) is 10.3. The van der Waals surface area contributed by atoms with Crippen LogP contribution in [0, 0.1) is 0 Å². The summed E-state index contributed by atoms with van der Waals surface area (Å²) in [4.78, 5) is 18.3. The Morgan fingerprint density at radius 2 is 2.10 bits per heavy atom. The van der Waals surface area contributed by atoms with Gasteiger partial charge in [-0.15, -0.1) is 0 Å². The zero-order valence-corrected chi connectivity index (χ0v) is 11.6. The lowest BCUT2D eigenvalue weighted by Crippen LogP contribution is -2.26. The first-order valence-electron chi connectivity index (χ1n) is 6.65. The molecule has 1 heterocycles. The van der Waals surface area contributed by atoms with Crippen LogP contribution < -0.4 is 5.73 Å². The molecule has 4 heteroatoms. The van der Waals surface area contributed by atoms with Gasteiger partial charge in [-0.25, -0.2) is 0 Å². The van der Waals surface area contributed by atoms with Crippen LogP contribution in [0.25, 0.3) is 0 Å². The highest BCUT2D eigenvalue weighted by Gasteiger charge is 2.12. The van der Waals surface area contributed by atoms with Crippen LogP contribution in [0.1, 0.15) is 21.6 Å². The summed E-state index contributed by atoms with van der Waals surface area (Å²) >= 11 is 0. The minimum atomic E-state index is -0.00507. The quantitative estimate of drug-likeness (QED) is 0.901. The molecule has 104 valence electrons. The number of nitrogens with two attached hydrogens (primary N) is 1. The molecule has 0 aliphatic rings. The number of benzene rings is 1. The van der Waals surface area contributed by atoms with Gasteiger partial charge in [0, 0.05) is 18.8 Å². The Bertz CT molecular complexity index is 569. The molecule has 1 amide bonds. The van der Waals surface area contributed by atoms with Crippen molar-refractivity contribution in [2.75, 3.05) is 13.6 Å². The molecule has 4 nitrogen and oxygen atoms in total. The minimum absolute atomic E-state index is 0.00507. The van der Waals surface area contributed by atoms with Crippen LogP contribution in [-0.4, -0.2) is 29.4 Å². The second-order valence-corrected chi connectivity index (χ2v) is 4.72. The van der Waals surface area contributed by atoms with E-state index in [1.165, 1.54) is 0 Å². The van der Waals surface area contributed by atoms with E-state index < -0.39 is 0 Å². The fourth-order valence-corrected chi connectivity index (χ4v) is 2.05. The Kier molecular flexibility index (Phi) is 4.85. The molecule has 2 rings (SSSR count). The van der Waals surface area contributed by atoms with Gasteiger partial charge in [-0.3, -0.25) is 9.78 Å². The van der Waals surface area contributed by atoms with Crippen LogP contribution in [-0.2, 0) is 13.0 Å². The van der Waals surface area contributed by atoms with Crippen LogP contribution in [0.2, 0.25) is 0 Å². The molecule has 0 bridgehead atoms. The molecule has 2 aromatic rings. The molecule has 1 aromatic heterocycles. The molecule has 0 atom stereocenters. The molecule has 0 spiro atoms. The second-order valence-electron chi connectivity index (χ2n) is 4.72. The van der Waals surface area contributed by atoms with Crippen LogP contribution in [0.4, 0.5) is 0 Å². The number of rotatable bonds is 5. The maximum Gasteiger partial charge on any atom is 0.253 e. The average molecular weight is 269 g/mol. The number of hydrogen-bond acceptors (Lipinski definition) is 3. The summed E-state index contributed by atoms with van der Waals surface area (Å²) in [6.45, 7) is 1.09. The van der Waals surface area contributed by atoms with Crippen LogP contribution in [0.5, 0.6) is 0 Å². The molecule has 0 saturated carbocycles. The second kappa shape index (κ2) is 6.82. The van der Waals surface area contributed by atoms with Gasteiger partial charge in [-0.05, 0) is 42.8 Å². The first-order chi connectivity index (χ1) is 9.70. The monoisotopic (exact) mass is 269 g/mol. The van der Waals surface area contributed by atoms with Crippen molar-refractivity contribution < 1.29 is 4.79 Å². The zero-order valence-electron chi connectivity index (χ0n) is 11.6. The van der Waals surface area contributed by atoms with E-state index in [1.54, 1.807) is 18.1 Å². The number of amides is 1. The van der Waals surface area contributed by atoms with Crippen molar-refractivity contribution in [2.24, 2.45) is 5.73 Å². The third-order valence-corrected chi connectivity index (χ3v) is 3.08. The highest BCUT2D eigenvalue weighted by atomic mass is 16.2. The van der Waals surface area contributed by atoms with E-state index in [0.717, 1.165) is 17.7 Å². The summed E-state index contributed by atoms with van der Waals surface area (Å²) in [6.07, 6.45) is 2.51. The Balaban J connectivity index is 2.08. The topological polar surface area (TPSA) is 59.2 Å². The summed E-state index contributed by atoms with van der Waals surface area (Å²) in [6, 6.07) is 13.3. The van der Waals surface area contributed by atoms with Crippen molar-refractivity contribution in [3.63, 3.8) is 0 Å². The van der Waals surface area contributed by atoms with E-state index >= 15 is 0 Å². The van der Waals surface area contributed by atoms with Gasteiger partial charge in [-0.1, -0.05) is 18.2 Å². The van der Waals surface area contributed by atoms with Gasteiger partial charge in [0.2, 0.25) is 0 Å². The first kappa shape index (κ1) is 14.2. The zero-order chi connectivity index (χ0) is 14.4. The molecule has 20 heavy (non-hydrogen) atoms. The third-order valence-electron chi connectivity index (χ3n) is 3.08. The predicted octanol–water partition coefficient (Wildman–Crippen LogP) is 1.85. The summed E-state index contributed by atoms with van der Waals surface area (Å²) in [7, 11) is 1.78. The molecule has 0 saturated heterocycles. The third kappa shape index (κ3) is 3.65. The highest BCUT2D eigenvalue weighted by Crippen LogP contribution is 2.10. The predicted molar refractivity (Wildman–Crippen MR) is 79.2 cm³/mol. The summed E-state index contributed by atoms with van der Waals surface area (Å²) in [5.41, 5.74) is 8.20. The van der Waals surface area contributed by atoms with Crippen molar-refractivity contribution in [1.29, 1.82) is 0 Å². The number of carbonyl (C=O) groups is 1. The number of nitrogens with zero attached hydrogens (tertiary/aromatic N) is 2. The maximum atomic E-state index is 12.4. The maximum absolute atomic E-state index is 12.4. The number of aromatic nitrogens is 1. The Labute approximate surface area is 119 Å². The van der Waals surface area contributed by atoms with Gasteiger partial charge >= 0.3 is 0 Å². The van der Waals surface area contributed by atoms with E-state index in [4.69, 9.17) is 5.73 Å². The van der Waals surface area contributed by atoms with Crippen molar-refractivity contribution in [3.8, 4) is 0 Å². The van der Waals surface area contributed by atoms with Crippen LogP contribution >= 0.6 is 0 Å². The van der Waals surface area contributed by atoms with Gasteiger partial charge in [-0.2, -0.15) is 0 Å². The number of pyridine rings is 1. The first-order valence-corrected chi connectivity index (χ1v) is 6.65. The smallest absolute Gasteiger partial charge is 0.253 e. The molecule has 2 N–H and O–H groups in total. The molecule has 0 unspecified atom stereocenters. The van der Waals surface area contributed by atoms with E-state index in [1.807, 2.05) is 42.5 Å². The summed E-state index contributed by atoms with van der Waals surface area (Å²) in [5.74, 6) is -0.00507. The standard InChI is InChI=1S/C16H19N3O/c1-19(12-15-7-2-3-10-18-15)16(20)14-6-4-5-13(11-14)8-9-17/h2-7,10-11H,8-9,12,17H2,1H3. The molecular weight excluding hydrogens is 250 g/mol. The highest BCUT2D eigenvalue weighted by molar-refractivity contribution is 5.94. The fraction of sp³-hybridized carbons (Fsp3) is 0.250.